The summed E-state index contributed by atoms with van der Waals surface area (Å²) in [6.45, 7) is 0. The smallest absolute Gasteiger partial charge is 0.0972 e. The first-order chi connectivity index (χ1) is 28.8. The van der Waals surface area contributed by atoms with E-state index in [1.165, 1.54) is 86.2 Å². The molecule has 0 spiro atoms. The lowest BCUT2D eigenvalue weighted by atomic mass is 9.88. The number of fused-ring (bicyclic) bond motifs is 19. The van der Waals surface area contributed by atoms with Crippen LogP contribution in [0.15, 0.2) is 194 Å². The van der Waals surface area contributed by atoms with Gasteiger partial charge in [0.05, 0.1) is 22.4 Å². The van der Waals surface area contributed by atoms with Gasteiger partial charge in [-0.25, -0.2) is 9.97 Å². The number of aromatic nitrogens is 2. The van der Waals surface area contributed by atoms with Crippen LogP contribution in [0.1, 0.15) is 0 Å². The Balaban J connectivity index is 1.08. The molecular formula is C56H32N2. The predicted molar refractivity (Wildman–Crippen MR) is 248 cm³/mol. The highest BCUT2D eigenvalue weighted by atomic mass is 14.8. The number of hydrogen-bond donors (Lipinski definition) is 0. The van der Waals surface area contributed by atoms with Crippen LogP contribution >= 0.6 is 0 Å². The quantitative estimate of drug-likeness (QED) is 0.165. The van der Waals surface area contributed by atoms with E-state index in [2.05, 4.69) is 194 Å². The molecule has 0 bridgehead atoms. The van der Waals surface area contributed by atoms with Crippen molar-refractivity contribution < 1.29 is 0 Å². The topological polar surface area (TPSA) is 25.8 Å². The third kappa shape index (κ3) is 4.37. The first kappa shape index (κ1) is 31.5. The summed E-state index contributed by atoms with van der Waals surface area (Å²) >= 11 is 0. The molecular weight excluding hydrogens is 701 g/mol. The van der Waals surface area contributed by atoms with Gasteiger partial charge in [-0.1, -0.05) is 170 Å². The van der Waals surface area contributed by atoms with E-state index < -0.39 is 0 Å². The second-order valence-electron chi connectivity index (χ2n) is 15.6. The van der Waals surface area contributed by atoms with E-state index in [1.54, 1.807) is 0 Å². The maximum absolute atomic E-state index is 5.53. The average Bonchev–Trinajstić information content (AvgIpc) is 3.30. The molecule has 0 fully saturated rings. The molecule has 0 radical (unpaired) electrons. The van der Waals surface area contributed by atoms with Crippen LogP contribution in [-0.2, 0) is 0 Å². The Bertz CT molecular complexity index is 3660. The zero-order valence-electron chi connectivity index (χ0n) is 31.4. The van der Waals surface area contributed by atoms with E-state index >= 15 is 0 Å². The van der Waals surface area contributed by atoms with Crippen molar-refractivity contribution in [2.45, 2.75) is 0 Å². The van der Waals surface area contributed by atoms with Crippen molar-refractivity contribution in [2.24, 2.45) is 0 Å². The fourth-order valence-corrected chi connectivity index (χ4v) is 10.0. The molecule has 58 heavy (non-hydrogen) atoms. The van der Waals surface area contributed by atoms with Gasteiger partial charge in [0.1, 0.15) is 0 Å². The fraction of sp³-hybridized carbons (Fsp3) is 0. The Morgan fingerprint density at radius 3 is 0.845 bits per heavy atom. The zero-order valence-corrected chi connectivity index (χ0v) is 31.4. The molecule has 0 saturated carbocycles. The monoisotopic (exact) mass is 732 g/mol. The van der Waals surface area contributed by atoms with Gasteiger partial charge in [-0.15, -0.1) is 0 Å². The number of hydrogen-bond acceptors (Lipinski definition) is 2. The van der Waals surface area contributed by atoms with Gasteiger partial charge >= 0.3 is 0 Å². The second-order valence-corrected chi connectivity index (χ2v) is 15.6. The van der Waals surface area contributed by atoms with Crippen molar-refractivity contribution >= 4 is 108 Å². The summed E-state index contributed by atoms with van der Waals surface area (Å²) in [4.78, 5) is 11.1. The molecule has 266 valence electrons. The lowest BCUT2D eigenvalue weighted by Crippen LogP contribution is -1.94. The Morgan fingerprint density at radius 1 is 0.224 bits per heavy atom. The normalized spacial score (nSPS) is 12.1. The summed E-state index contributed by atoms with van der Waals surface area (Å²) in [7, 11) is 0. The van der Waals surface area contributed by atoms with Crippen molar-refractivity contribution in [3.63, 3.8) is 0 Å². The van der Waals surface area contributed by atoms with Gasteiger partial charge in [-0.3, -0.25) is 0 Å². The molecule has 0 saturated heterocycles. The molecule has 0 amide bonds. The zero-order chi connectivity index (χ0) is 37.9. The van der Waals surface area contributed by atoms with Gasteiger partial charge in [-0.2, -0.15) is 0 Å². The average molecular weight is 733 g/mol. The van der Waals surface area contributed by atoms with Crippen LogP contribution < -0.4 is 0 Å². The van der Waals surface area contributed by atoms with Gasteiger partial charge < -0.3 is 0 Å². The molecule has 0 atom stereocenters. The third-order valence-corrected chi connectivity index (χ3v) is 12.6. The molecule has 0 aliphatic heterocycles. The van der Waals surface area contributed by atoms with Crippen molar-refractivity contribution in [2.75, 3.05) is 0 Å². The van der Waals surface area contributed by atoms with E-state index in [1.807, 2.05) is 0 Å². The first-order valence-corrected chi connectivity index (χ1v) is 20.0. The lowest BCUT2D eigenvalue weighted by Gasteiger charge is -2.16. The van der Waals surface area contributed by atoms with Crippen molar-refractivity contribution in [3.05, 3.63) is 194 Å². The molecule has 2 heterocycles. The largest absolute Gasteiger partial charge is 0.245 e. The number of benzene rings is 11. The number of nitrogens with zero attached hydrogens (tertiary/aromatic N) is 2. The lowest BCUT2D eigenvalue weighted by molar-refractivity contribution is 1.38. The van der Waals surface area contributed by atoms with Crippen molar-refractivity contribution in [1.82, 2.24) is 9.97 Å². The van der Waals surface area contributed by atoms with Crippen LogP contribution in [0.5, 0.6) is 0 Å². The summed E-state index contributed by atoms with van der Waals surface area (Å²) in [5.41, 5.74) is 5.95. The van der Waals surface area contributed by atoms with Crippen molar-refractivity contribution in [3.8, 4) is 22.5 Å². The molecule has 13 aromatic rings. The highest BCUT2D eigenvalue weighted by molar-refractivity contribution is 6.34. The van der Waals surface area contributed by atoms with E-state index in [0.29, 0.717) is 0 Å². The number of pyridine rings is 2. The molecule has 0 aliphatic carbocycles. The predicted octanol–water partition coefficient (Wildman–Crippen LogP) is 15.3. The van der Waals surface area contributed by atoms with E-state index in [-0.39, 0.29) is 0 Å². The summed E-state index contributed by atoms with van der Waals surface area (Å²) in [6, 6.07) is 70.8. The third-order valence-electron chi connectivity index (χ3n) is 12.6. The highest BCUT2D eigenvalue weighted by Crippen LogP contribution is 2.45. The van der Waals surface area contributed by atoms with Crippen LogP contribution in [0, 0.1) is 0 Å². The van der Waals surface area contributed by atoms with Gasteiger partial charge in [0.15, 0.2) is 0 Å². The minimum Gasteiger partial charge on any atom is -0.245 e. The van der Waals surface area contributed by atoms with Crippen LogP contribution in [0.25, 0.3) is 131 Å². The molecule has 2 nitrogen and oxygen atoms in total. The van der Waals surface area contributed by atoms with Crippen LogP contribution in [-0.4, -0.2) is 9.97 Å². The minimum atomic E-state index is 0.908. The number of rotatable bonds is 2. The Kier molecular flexibility index (Phi) is 6.47. The van der Waals surface area contributed by atoms with Gasteiger partial charge in [0, 0.05) is 21.9 Å². The van der Waals surface area contributed by atoms with E-state index in [4.69, 9.17) is 9.97 Å². The molecule has 2 heteroatoms. The molecule has 2 aromatic heterocycles. The SMILES string of the molecule is c1ccc2c(c1)c(-c1ccc3ccc4ccc(-c5cc6c7ccccc7c7ccccc7c6c6ccccc56)nc4c3n1)cc1c3ccccc3c3ccccc3c21. The van der Waals surface area contributed by atoms with Crippen LogP contribution in [0.2, 0.25) is 0 Å². The van der Waals surface area contributed by atoms with E-state index in [9.17, 15) is 0 Å². The first-order valence-electron chi connectivity index (χ1n) is 20.0. The molecule has 0 aliphatic rings. The summed E-state index contributed by atoms with van der Waals surface area (Å²) < 4.78 is 0. The standard InChI is InChI=1S/C56H32N2/c1-3-17-39-35(13-1)37-15-5-9-21-43(37)53-45-23-11-7-19-41(45)47(31-49(39)53)51-29-27-33-25-26-34-28-30-52(58-56(34)55(33)57-51)48-32-50-40-18-4-2-14-36(40)38-16-6-10-22-44(38)54(50)46-24-12-8-20-42(46)48/h1-32H. The Morgan fingerprint density at radius 2 is 0.483 bits per heavy atom. The molecule has 0 N–H and O–H groups in total. The van der Waals surface area contributed by atoms with Gasteiger partial charge in [-0.05, 0) is 110 Å². The minimum absolute atomic E-state index is 0.908. The van der Waals surface area contributed by atoms with Crippen molar-refractivity contribution in [1.29, 1.82) is 0 Å². The summed E-state index contributed by atoms with van der Waals surface area (Å²) in [5, 5.41) is 22.2. The summed E-state index contributed by atoms with van der Waals surface area (Å²) in [5.74, 6) is 0. The van der Waals surface area contributed by atoms with Crippen LogP contribution in [0.4, 0.5) is 0 Å². The maximum atomic E-state index is 5.53. The maximum Gasteiger partial charge on any atom is 0.0972 e. The Labute approximate surface area is 333 Å². The summed E-state index contributed by atoms with van der Waals surface area (Å²) in [6.07, 6.45) is 0. The molecule has 0 unspecified atom stereocenters. The van der Waals surface area contributed by atoms with E-state index in [0.717, 1.165) is 44.3 Å². The second kappa shape index (κ2) is 11.9. The highest BCUT2D eigenvalue weighted by Gasteiger charge is 2.19. The van der Waals surface area contributed by atoms with Crippen LogP contribution in [0.3, 0.4) is 0 Å². The van der Waals surface area contributed by atoms with Gasteiger partial charge in [0.25, 0.3) is 0 Å². The van der Waals surface area contributed by atoms with Gasteiger partial charge in [0.2, 0.25) is 0 Å². The molecule has 11 aromatic carbocycles. The molecule has 13 rings (SSSR count). The Hall–Kier alpha value is -7.68. The fourth-order valence-electron chi connectivity index (χ4n) is 10.0.